The standard InChI is InChI=1S/C17H18N2O/c20-17-13-5-7-19(8-6-13)16(17)10-12-9-14-3-1-2-4-15(14)18-11-12/h1-4,9,11,13,16H,5-8,10H2. The van der Waals surface area contributed by atoms with Crippen LogP contribution in [-0.2, 0) is 11.2 Å². The summed E-state index contributed by atoms with van der Waals surface area (Å²) in [5, 5.41) is 1.16. The number of nitrogens with zero attached hydrogens (tertiary/aromatic N) is 2. The Morgan fingerprint density at radius 3 is 2.80 bits per heavy atom. The summed E-state index contributed by atoms with van der Waals surface area (Å²) in [6.45, 7) is 2.17. The van der Waals surface area contributed by atoms with Crippen LogP contribution in [-0.4, -0.2) is 34.8 Å². The number of hydrogen-bond donors (Lipinski definition) is 0. The van der Waals surface area contributed by atoms with Crippen LogP contribution in [0.25, 0.3) is 10.9 Å². The van der Waals surface area contributed by atoms with Crippen LogP contribution >= 0.6 is 0 Å². The van der Waals surface area contributed by atoms with E-state index in [2.05, 4.69) is 22.0 Å². The van der Waals surface area contributed by atoms with Gasteiger partial charge in [-0.3, -0.25) is 14.7 Å². The Kier molecular flexibility index (Phi) is 2.81. The van der Waals surface area contributed by atoms with Crippen LogP contribution in [0.15, 0.2) is 36.5 Å². The molecule has 20 heavy (non-hydrogen) atoms. The number of ketones is 1. The van der Waals surface area contributed by atoms with E-state index in [1.807, 2.05) is 24.4 Å². The molecule has 5 rings (SSSR count). The maximum absolute atomic E-state index is 12.4. The van der Waals surface area contributed by atoms with Gasteiger partial charge in [0.1, 0.15) is 0 Å². The number of carbonyl (C=O) groups excluding carboxylic acids is 1. The predicted octanol–water partition coefficient (Wildman–Crippen LogP) is 2.44. The van der Waals surface area contributed by atoms with Gasteiger partial charge < -0.3 is 0 Å². The summed E-state index contributed by atoms with van der Waals surface area (Å²) in [6, 6.07) is 10.4. The fraction of sp³-hybridized carbons (Fsp3) is 0.412. The molecule has 3 saturated heterocycles. The lowest BCUT2D eigenvalue weighted by Gasteiger charge is -2.44. The van der Waals surface area contributed by atoms with E-state index in [0.717, 1.165) is 43.3 Å². The predicted molar refractivity (Wildman–Crippen MR) is 78.5 cm³/mol. The number of piperidine rings is 3. The lowest BCUT2D eigenvalue weighted by molar-refractivity contribution is -0.136. The first kappa shape index (κ1) is 12.0. The SMILES string of the molecule is O=C1C2CCN(CC2)C1Cc1cnc2ccccc2c1. The molecule has 4 heterocycles. The third-order valence-corrected chi connectivity index (χ3v) is 4.78. The van der Waals surface area contributed by atoms with Gasteiger partial charge in [-0.2, -0.15) is 0 Å². The molecule has 0 radical (unpaired) electrons. The second kappa shape index (κ2) is 4.67. The lowest BCUT2D eigenvalue weighted by atomic mass is 9.80. The highest BCUT2D eigenvalue weighted by Crippen LogP contribution is 2.30. The summed E-state index contributed by atoms with van der Waals surface area (Å²) in [5.41, 5.74) is 2.20. The van der Waals surface area contributed by atoms with E-state index in [-0.39, 0.29) is 6.04 Å². The van der Waals surface area contributed by atoms with Gasteiger partial charge in [0.15, 0.2) is 5.78 Å². The third kappa shape index (κ3) is 1.93. The van der Waals surface area contributed by atoms with Gasteiger partial charge in [0, 0.05) is 17.5 Å². The summed E-state index contributed by atoms with van der Waals surface area (Å²) < 4.78 is 0. The van der Waals surface area contributed by atoms with E-state index in [0.29, 0.717) is 11.7 Å². The second-order valence-corrected chi connectivity index (χ2v) is 5.97. The van der Waals surface area contributed by atoms with Crippen molar-refractivity contribution in [1.82, 2.24) is 9.88 Å². The number of aromatic nitrogens is 1. The molecule has 0 amide bonds. The van der Waals surface area contributed by atoms with Crippen LogP contribution in [0.1, 0.15) is 18.4 Å². The van der Waals surface area contributed by atoms with Gasteiger partial charge in [-0.1, -0.05) is 18.2 Å². The largest absolute Gasteiger partial charge is 0.298 e. The smallest absolute Gasteiger partial charge is 0.153 e. The number of carbonyl (C=O) groups is 1. The second-order valence-electron chi connectivity index (χ2n) is 5.97. The highest BCUT2D eigenvalue weighted by molar-refractivity contribution is 5.88. The van der Waals surface area contributed by atoms with Crippen LogP contribution in [0, 0.1) is 5.92 Å². The van der Waals surface area contributed by atoms with Gasteiger partial charge in [-0.25, -0.2) is 0 Å². The molecule has 1 unspecified atom stereocenters. The van der Waals surface area contributed by atoms with Gasteiger partial charge in [0.2, 0.25) is 0 Å². The summed E-state index contributed by atoms with van der Waals surface area (Å²) >= 11 is 0. The number of hydrogen-bond acceptors (Lipinski definition) is 3. The molecule has 1 atom stereocenters. The fourth-order valence-corrected chi connectivity index (χ4v) is 3.63. The Morgan fingerprint density at radius 2 is 2.00 bits per heavy atom. The summed E-state index contributed by atoms with van der Waals surface area (Å²) in [4.78, 5) is 19.3. The van der Waals surface area contributed by atoms with Crippen molar-refractivity contribution >= 4 is 16.7 Å². The van der Waals surface area contributed by atoms with Crippen molar-refractivity contribution in [2.45, 2.75) is 25.3 Å². The topological polar surface area (TPSA) is 33.2 Å². The van der Waals surface area contributed by atoms with Gasteiger partial charge >= 0.3 is 0 Å². The van der Waals surface area contributed by atoms with Crippen molar-refractivity contribution in [3.05, 3.63) is 42.1 Å². The molecular formula is C17H18N2O. The number of Topliss-reactive ketones (excluding diaryl/α,β-unsaturated/α-hetero) is 1. The maximum Gasteiger partial charge on any atom is 0.153 e. The highest BCUT2D eigenvalue weighted by Gasteiger charge is 2.40. The van der Waals surface area contributed by atoms with E-state index in [1.54, 1.807) is 0 Å². The quantitative estimate of drug-likeness (QED) is 0.837. The Morgan fingerprint density at radius 1 is 1.20 bits per heavy atom. The normalized spacial score (nSPS) is 29.0. The minimum absolute atomic E-state index is 0.0884. The first-order valence-electron chi connectivity index (χ1n) is 7.43. The van der Waals surface area contributed by atoms with Gasteiger partial charge in [0.05, 0.1) is 11.6 Å². The molecule has 0 saturated carbocycles. The minimum Gasteiger partial charge on any atom is -0.298 e. The monoisotopic (exact) mass is 266 g/mol. The van der Waals surface area contributed by atoms with E-state index in [1.165, 1.54) is 5.56 Å². The first-order chi connectivity index (χ1) is 9.81. The zero-order valence-corrected chi connectivity index (χ0v) is 11.5. The van der Waals surface area contributed by atoms with E-state index < -0.39 is 0 Å². The molecule has 1 aromatic heterocycles. The van der Waals surface area contributed by atoms with E-state index >= 15 is 0 Å². The molecule has 0 aliphatic carbocycles. The highest BCUT2D eigenvalue weighted by atomic mass is 16.1. The number of pyridine rings is 1. The minimum atomic E-state index is 0.0884. The molecule has 0 spiro atoms. The van der Waals surface area contributed by atoms with Crippen LogP contribution in [0.3, 0.4) is 0 Å². The molecule has 3 aliphatic heterocycles. The van der Waals surface area contributed by atoms with Crippen LogP contribution in [0.4, 0.5) is 0 Å². The van der Waals surface area contributed by atoms with Gasteiger partial charge in [-0.05, 0) is 50.0 Å². The number of para-hydroxylation sites is 1. The Labute approximate surface area is 118 Å². The zero-order chi connectivity index (χ0) is 13.5. The maximum atomic E-state index is 12.4. The van der Waals surface area contributed by atoms with Crippen molar-refractivity contribution in [1.29, 1.82) is 0 Å². The molecule has 0 N–H and O–H groups in total. The summed E-state index contributed by atoms with van der Waals surface area (Å²) in [5.74, 6) is 0.772. The fourth-order valence-electron chi connectivity index (χ4n) is 3.63. The molecule has 2 bridgehead atoms. The molecule has 3 aliphatic rings. The summed E-state index contributed by atoms with van der Waals surface area (Å²) in [6.07, 6.45) is 4.86. The molecule has 3 nitrogen and oxygen atoms in total. The number of rotatable bonds is 2. The van der Waals surface area contributed by atoms with Gasteiger partial charge in [0.25, 0.3) is 0 Å². The zero-order valence-electron chi connectivity index (χ0n) is 11.5. The Balaban J connectivity index is 1.62. The number of benzene rings is 1. The Hall–Kier alpha value is -1.74. The van der Waals surface area contributed by atoms with Crippen LogP contribution < -0.4 is 0 Å². The van der Waals surface area contributed by atoms with Gasteiger partial charge in [-0.15, -0.1) is 0 Å². The average molecular weight is 266 g/mol. The molecule has 1 aromatic carbocycles. The van der Waals surface area contributed by atoms with Crippen LogP contribution in [0.2, 0.25) is 0 Å². The molecule has 2 aromatic rings. The van der Waals surface area contributed by atoms with Crippen molar-refractivity contribution in [2.24, 2.45) is 5.92 Å². The molecule has 3 heteroatoms. The number of fused-ring (bicyclic) bond motifs is 4. The molecular weight excluding hydrogens is 248 g/mol. The lowest BCUT2D eigenvalue weighted by Crippen LogP contribution is -2.56. The van der Waals surface area contributed by atoms with E-state index in [4.69, 9.17) is 0 Å². The summed E-state index contributed by atoms with van der Waals surface area (Å²) in [7, 11) is 0. The average Bonchev–Trinajstić information content (AvgIpc) is 2.51. The molecule has 102 valence electrons. The van der Waals surface area contributed by atoms with Crippen molar-refractivity contribution in [3.8, 4) is 0 Å². The Bertz CT molecular complexity index is 659. The van der Waals surface area contributed by atoms with E-state index in [9.17, 15) is 4.79 Å². The first-order valence-corrected chi connectivity index (χ1v) is 7.43. The van der Waals surface area contributed by atoms with Crippen molar-refractivity contribution in [3.63, 3.8) is 0 Å². The van der Waals surface area contributed by atoms with Crippen LogP contribution in [0.5, 0.6) is 0 Å². The van der Waals surface area contributed by atoms with Crippen molar-refractivity contribution in [2.75, 3.05) is 13.1 Å². The third-order valence-electron chi connectivity index (χ3n) is 4.78. The van der Waals surface area contributed by atoms with Crippen molar-refractivity contribution < 1.29 is 4.79 Å². The molecule has 3 fully saturated rings.